The van der Waals surface area contributed by atoms with Crippen LogP contribution in [0.5, 0.6) is 5.88 Å². The van der Waals surface area contributed by atoms with Gasteiger partial charge in [-0.2, -0.15) is 0 Å². The molecule has 126 valence electrons. The van der Waals surface area contributed by atoms with Crippen molar-refractivity contribution in [2.75, 3.05) is 0 Å². The van der Waals surface area contributed by atoms with Gasteiger partial charge in [0.15, 0.2) is 0 Å². The third-order valence-electron chi connectivity index (χ3n) is 6.80. The summed E-state index contributed by atoms with van der Waals surface area (Å²) < 4.78 is 2.06. The second-order valence-corrected chi connectivity index (χ2v) is 7.85. The van der Waals surface area contributed by atoms with E-state index in [0.717, 1.165) is 22.0 Å². The lowest BCUT2D eigenvalue weighted by molar-refractivity contribution is 0.137. The molecule has 0 aromatic carbocycles. The molecule has 0 amide bonds. The van der Waals surface area contributed by atoms with Crippen molar-refractivity contribution >= 4 is 6.21 Å². The molecule has 0 aliphatic heterocycles. The van der Waals surface area contributed by atoms with Crippen LogP contribution in [0.3, 0.4) is 0 Å². The minimum Gasteiger partial charge on any atom is -0.494 e. The molecule has 0 radical (unpaired) electrons. The van der Waals surface area contributed by atoms with Gasteiger partial charge in [-0.3, -0.25) is 18.9 Å². The Hall–Kier alpha value is -1.85. The number of aromatic nitrogens is 2. The van der Waals surface area contributed by atoms with E-state index in [1.54, 1.807) is 0 Å². The molecule has 23 heavy (non-hydrogen) atoms. The maximum Gasteiger partial charge on any atom is 0.333 e. The molecule has 0 spiro atoms. The molecule has 0 unspecified atom stereocenters. The number of hydrogen-bond acceptors (Lipinski definition) is 4. The zero-order valence-electron chi connectivity index (χ0n) is 14.5. The van der Waals surface area contributed by atoms with Gasteiger partial charge >= 0.3 is 5.69 Å². The molecule has 2 fully saturated rings. The van der Waals surface area contributed by atoms with Gasteiger partial charge in [-0.25, -0.2) is 4.79 Å². The highest BCUT2D eigenvalue weighted by atomic mass is 16.3. The first-order valence-electron chi connectivity index (χ1n) is 8.13. The van der Waals surface area contributed by atoms with Crippen molar-refractivity contribution in [3.8, 4) is 5.88 Å². The van der Waals surface area contributed by atoms with E-state index >= 15 is 0 Å². The van der Waals surface area contributed by atoms with Crippen molar-refractivity contribution in [1.29, 1.82) is 0 Å². The van der Waals surface area contributed by atoms with E-state index in [-0.39, 0.29) is 28.3 Å². The molecule has 1 heterocycles. The average molecular weight is 319 g/mol. The van der Waals surface area contributed by atoms with E-state index in [9.17, 15) is 14.7 Å². The molecule has 2 aliphatic carbocycles. The normalized spacial score (nSPS) is 32.0. The van der Waals surface area contributed by atoms with Gasteiger partial charge in [-0.1, -0.05) is 20.8 Å². The summed E-state index contributed by atoms with van der Waals surface area (Å²) in [6, 6.07) is 0.151. The summed E-state index contributed by atoms with van der Waals surface area (Å²) in [5, 5.41) is 10.1. The first-order valence-corrected chi connectivity index (χ1v) is 8.13. The highest BCUT2D eigenvalue weighted by Crippen LogP contribution is 2.66. The molecule has 3 rings (SSSR count). The first kappa shape index (κ1) is 16.0. The number of aromatic hydroxyl groups is 1. The molecule has 1 N–H and O–H groups in total. The van der Waals surface area contributed by atoms with Crippen molar-refractivity contribution in [2.45, 2.75) is 46.1 Å². The minimum atomic E-state index is -0.544. The predicted molar refractivity (Wildman–Crippen MR) is 89.2 cm³/mol. The number of aliphatic imine (C=N–C) groups is 1. The lowest BCUT2D eigenvalue weighted by Crippen LogP contribution is -2.39. The highest BCUT2D eigenvalue weighted by Gasteiger charge is 2.61. The van der Waals surface area contributed by atoms with Gasteiger partial charge in [0.1, 0.15) is 5.56 Å². The van der Waals surface area contributed by atoms with Crippen LogP contribution in [0, 0.1) is 16.7 Å². The third kappa shape index (κ3) is 1.96. The van der Waals surface area contributed by atoms with Gasteiger partial charge in [-0.05, 0) is 36.0 Å². The molecule has 2 aliphatic rings. The largest absolute Gasteiger partial charge is 0.494 e. The molecule has 1 aromatic heterocycles. The summed E-state index contributed by atoms with van der Waals surface area (Å²) in [4.78, 5) is 28.7. The van der Waals surface area contributed by atoms with E-state index in [2.05, 4.69) is 25.8 Å². The molecule has 6 nitrogen and oxygen atoms in total. The molecule has 2 saturated carbocycles. The van der Waals surface area contributed by atoms with Crippen LogP contribution in [-0.4, -0.2) is 26.5 Å². The van der Waals surface area contributed by atoms with Crippen LogP contribution in [0.4, 0.5) is 0 Å². The Bertz CT molecular complexity index is 803. The topological polar surface area (TPSA) is 76.6 Å². The minimum absolute atomic E-state index is 0.0822. The fourth-order valence-corrected chi connectivity index (χ4v) is 4.52. The summed E-state index contributed by atoms with van der Waals surface area (Å²) in [7, 11) is 2.85. The van der Waals surface area contributed by atoms with Crippen molar-refractivity contribution in [1.82, 2.24) is 9.13 Å². The van der Waals surface area contributed by atoms with E-state index in [4.69, 9.17) is 0 Å². The second-order valence-electron chi connectivity index (χ2n) is 7.85. The lowest BCUT2D eigenvalue weighted by Gasteiger charge is -2.37. The fraction of sp³-hybridized carbons (Fsp3) is 0.706. The molecule has 6 heteroatoms. The van der Waals surface area contributed by atoms with Gasteiger partial charge in [-0.15, -0.1) is 0 Å². The molecule has 2 bridgehead atoms. The Labute approximate surface area is 135 Å². The third-order valence-corrected chi connectivity index (χ3v) is 6.80. The van der Waals surface area contributed by atoms with E-state index < -0.39 is 11.2 Å². The van der Waals surface area contributed by atoms with Gasteiger partial charge in [0.05, 0.1) is 6.04 Å². The molecular formula is C17H25N3O3. The quantitative estimate of drug-likeness (QED) is 0.838. The van der Waals surface area contributed by atoms with Crippen LogP contribution in [-0.2, 0) is 14.1 Å². The van der Waals surface area contributed by atoms with Crippen LogP contribution in [0.2, 0.25) is 0 Å². The van der Waals surface area contributed by atoms with Crippen molar-refractivity contribution in [3.63, 3.8) is 0 Å². The zero-order chi connectivity index (χ0) is 17.2. The lowest BCUT2D eigenvalue weighted by atomic mass is 9.69. The van der Waals surface area contributed by atoms with Crippen LogP contribution in [0.1, 0.15) is 45.6 Å². The Balaban J connectivity index is 2.01. The maximum absolute atomic E-state index is 12.2. The van der Waals surface area contributed by atoms with E-state index in [1.807, 2.05) is 0 Å². The van der Waals surface area contributed by atoms with E-state index in [1.165, 1.54) is 26.7 Å². The van der Waals surface area contributed by atoms with Gasteiger partial charge in [0.2, 0.25) is 5.88 Å². The summed E-state index contributed by atoms with van der Waals surface area (Å²) in [5.41, 5.74) is -0.611. The first-order chi connectivity index (χ1) is 10.6. The zero-order valence-corrected chi connectivity index (χ0v) is 14.5. The van der Waals surface area contributed by atoms with Crippen LogP contribution >= 0.6 is 0 Å². The summed E-state index contributed by atoms with van der Waals surface area (Å²) in [5.74, 6) is 0.334. The summed E-state index contributed by atoms with van der Waals surface area (Å²) >= 11 is 0. The maximum atomic E-state index is 12.2. The van der Waals surface area contributed by atoms with Gasteiger partial charge in [0.25, 0.3) is 5.56 Å². The number of hydrogen-bond donors (Lipinski definition) is 1. The highest BCUT2D eigenvalue weighted by molar-refractivity contribution is 5.82. The van der Waals surface area contributed by atoms with Gasteiger partial charge in [0, 0.05) is 20.3 Å². The monoisotopic (exact) mass is 319 g/mol. The summed E-state index contributed by atoms with van der Waals surface area (Å²) in [6.07, 6.45) is 4.86. The molecular weight excluding hydrogens is 294 g/mol. The smallest absolute Gasteiger partial charge is 0.333 e. The molecule has 3 atom stereocenters. The predicted octanol–water partition coefficient (Wildman–Crippen LogP) is 1.42. The Kier molecular flexibility index (Phi) is 3.36. The Morgan fingerprint density at radius 1 is 1.22 bits per heavy atom. The Morgan fingerprint density at radius 3 is 2.39 bits per heavy atom. The van der Waals surface area contributed by atoms with Crippen LogP contribution in [0.15, 0.2) is 14.6 Å². The standard InChI is InChI=1S/C17H25N3O3/c1-16(2)10-6-7-17(16,3)12(8-10)18-9-11-13(21)19(4)15(23)20(5)14(11)22/h9-10,12,21H,6-8H2,1-5H3/t10-,12-,17+/m0/s1. The number of fused-ring (bicyclic) bond motifs is 2. The average Bonchev–Trinajstić information content (AvgIpc) is 2.84. The van der Waals surface area contributed by atoms with Crippen LogP contribution in [0.25, 0.3) is 0 Å². The van der Waals surface area contributed by atoms with E-state index in [0.29, 0.717) is 5.92 Å². The van der Waals surface area contributed by atoms with Crippen molar-refractivity contribution < 1.29 is 5.11 Å². The summed E-state index contributed by atoms with van der Waals surface area (Å²) in [6.45, 7) is 6.90. The fourth-order valence-electron chi connectivity index (χ4n) is 4.52. The van der Waals surface area contributed by atoms with Gasteiger partial charge < -0.3 is 5.11 Å². The van der Waals surface area contributed by atoms with Crippen molar-refractivity contribution in [2.24, 2.45) is 35.8 Å². The van der Waals surface area contributed by atoms with Crippen molar-refractivity contribution in [3.05, 3.63) is 26.4 Å². The molecule has 0 saturated heterocycles. The number of rotatable bonds is 2. The van der Waals surface area contributed by atoms with Crippen LogP contribution < -0.4 is 11.2 Å². The second kappa shape index (κ2) is 4.82. The number of nitrogens with zero attached hydrogens (tertiary/aromatic N) is 3. The SMILES string of the molecule is Cn1c(O)c(C=N[C@H]2C[C@@H]3CC[C@@]2(C)C3(C)C)c(=O)n(C)c1=O. The Morgan fingerprint density at radius 2 is 1.87 bits per heavy atom. The molecule has 1 aromatic rings.